The molecule has 8 nitrogen and oxygen atoms in total. The quantitative estimate of drug-likeness (QED) is 0.377. The zero-order valence-electron chi connectivity index (χ0n) is 14.8. The zero-order chi connectivity index (χ0) is 18.1. The average molecular weight is 370 g/mol. The largest absolute Gasteiger partial charge is 0.464 e. The Kier molecular flexibility index (Phi) is 8.10. The van der Waals surface area contributed by atoms with Crippen molar-refractivity contribution in [3.63, 3.8) is 0 Å². The summed E-state index contributed by atoms with van der Waals surface area (Å²) in [6.07, 6.45) is 1.04. The van der Waals surface area contributed by atoms with Crippen LogP contribution in [-0.4, -0.2) is 67.4 Å². The van der Waals surface area contributed by atoms with Crippen LogP contribution in [0.25, 0.3) is 0 Å². The fourth-order valence-electron chi connectivity index (χ4n) is 2.46. The van der Waals surface area contributed by atoms with Crippen LogP contribution in [0, 0.1) is 10.1 Å². The molecule has 1 N–H and O–H groups in total. The smallest absolute Gasteiger partial charge is 0.274 e. The third kappa shape index (κ3) is 7.37. The van der Waals surface area contributed by atoms with E-state index in [9.17, 15) is 10.1 Å². The van der Waals surface area contributed by atoms with Crippen molar-refractivity contribution >= 4 is 11.8 Å². The van der Waals surface area contributed by atoms with Crippen LogP contribution in [0.2, 0.25) is 0 Å². The molecule has 2 heterocycles. The molecule has 1 aliphatic heterocycles. The van der Waals surface area contributed by atoms with E-state index in [-0.39, 0.29) is 0 Å². The predicted octanol–water partition coefficient (Wildman–Crippen LogP) is 1.57. The topological polar surface area (TPSA) is 84.0 Å². The maximum Gasteiger partial charge on any atom is 0.274 e. The second-order valence-electron chi connectivity index (χ2n) is 5.98. The molecule has 1 aromatic heterocycles. The summed E-state index contributed by atoms with van der Waals surface area (Å²) in [5.41, 5.74) is 0. The van der Waals surface area contributed by atoms with Gasteiger partial charge in [-0.2, -0.15) is 11.8 Å². The summed E-state index contributed by atoms with van der Waals surface area (Å²) in [5, 5.41) is 14.0. The van der Waals surface area contributed by atoms with E-state index in [0.717, 1.165) is 35.8 Å². The standard InChI is InChI=1S/C16H26N4O4S/c1-18(2)11-14-3-4-15(24-14)13-25-10-5-17-16(12-20(21)22)19-6-8-23-9-7-19/h3-4,12,17H,5-11,13H2,1-2H3. The number of hydrogen-bond donors (Lipinski definition) is 1. The molecule has 0 spiro atoms. The maximum absolute atomic E-state index is 10.8. The molecule has 9 heteroatoms. The number of morpholine rings is 1. The van der Waals surface area contributed by atoms with Gasteiger partial charge in [0.15, 0.2) is 5.82 Å². The number of rotatable bonds is 10. The van der Waals surface area contributed by atoms with Gasteiger partial charge in [0.05, 0.1) is 30.4 Å². The number of nitrogens with zero attached hydrogens (tertiary/aromatic N) is 3. The molecule has 1 aromatic rings. The van der Waals surface area contributed by atoms with E-state index in [4.69, 9.17) is 9.15 Å². The van der Waals surface area contributed by atoms with Crippen LogP contribution in [0.4, 0.5) is 0 Å². The van der Waals surface area contributed by atoms with Gasteiger partial charge in [0.25, 0.3) is 6.20 Å². The van der Waals surface area contributed by atoms with Gasteiger partial charge < -0.3 is 24.3 Å². The Hall–Kier alpha value is -1.71. The normalized spacial score (nSPS) is 15.6. The molecule has 0 unspecified atom stereocenters. The molecular weight excluding hydrogens is 344 g/mol. The van der Waals surface area contributed by atoms with Crippen molar-refractivity contribution in [2.45, 2.75) is 12.3 Å². The monoisotopic (exact) mass is 370 g/mol. The highest BCUT2D eigenvalue weighted by molar-refractivity contribution is 7.98. The molecule has 25 heavy (non-hydrogen) atoms. The molecule has 0 atom stereocenters. The van der Waals surface area contributed by atoms with E-state index in [0.29, 0.717) is 38.7 Å². The Labute approximate surface area is 152 Å². The van der Waals surface area contributed by atoms with Crippen LogP contribution in [0.3, 0.4) is 0 Å². The Bertz CT molecular complexity index is 570. The summed E-state index contributed by atoms with van der Waals surface area (Å²) < 4.78 is 11.1. The van der Waals surface area contributed by atoms with Crippen LogP contribution in [0.1, 0.15) is 11.5 Å². The van der Waals surface area contributed by atoms with Crippen molar-refractivity contribution in [2.24, 2.45) is 0 Å². The Morgan fingerprint density at radius 2 is 2.12 bits per heavy atom. The number of furan rings is 1. The van der Waals surface area contributed by atoms with E-state index in [1.54, 1.807) is 11.8 Å². The first-order valence-corrected chi connectivity index (χ1v) is 9.42. The summed E-state index contributed by atoms with van der Waals surface area (Å²) in [6, 6.07) is 4.01. The summed E-state index contributed by atoms with van der Waals surface area (Å²) in [4.78, 5) is 14.4. The lowest BCUT2D eigenvalue weighted by molar-refractivity contribution is -0.404. The first-order chi connectivity index (χ1) is 12.0. The van der Waals surface area contributed by atoms with Gasteiger partial charge in [0.1, 0.15) is 11.5 Å². The lowest BCUT2D eigenvalue weighted by Gasteiger charge is -2.29. The molecule has 1 fully saturated rings. The summed E-state index contributed by atoms with van der Waals surface area (Å²) in [6.45, 7) is 3.98. The highest BCUT2D eigenvalue weighted by Gasteiger charge is 2.16. The lowest BCUT2D eigenvalue weighted by Crippen LogP contribution is -2.41. The molecular formula is C16H26N4O4S. The van der Waals surface area contributed by atoms with Crippen molar-refractivity contribution in [3.8, 4) is 0 Å². The fraction of sp³-hybridized carbons (Fsp3) is 0.625. The number of hydrogen-bond acceptors (Lipinski definition) is 8. The van der Waals surface area contributed by atoms with Gasteiger partial charge in [-0.1, -0.05) is 0 Å². The molecule has 2 rings (SSSR count). The average Bonchev–Trinajstić information content (AvgIpc) is 3.00. The van der Waals surface area contributed by atoms with E-state index in [2.05, 4.69) is 10.2 Å². The zero-order valence-corrected chi connectivity index (χ0v) is 15.6. The number of thioether (sulfide) groups is 1. The van der Waals surface area contributed by atoms with Crippen molar-refractivity contribution in [2.75, 3.05) is 52.7 Å². The van der Waals surface area contributed by atoms with Gasteiger partial charge in [-0.25, -0.2) is 0 Å². The molecule has 140 valence electrons. The van der Waals surface area contributed by atoms with Crippen LogP contribution in [-0.2, 0) is 17.0 Å². The Balaban J connectivity index is 1.71. The number of nitro groups is 1. The molecule has 0 radical (unpaired) electrons. The van der Waals surface area contributed by atoms with Crippen molar-refractivity contribution < 1.29 is 14.1 Å². The van der Waals surface area contributed by atoms with Crippen molar-refractivity contribution in [1.29, 1.82) is 0 Å². The fourth-order valence-corrected chi connectivity index (χ4v) is 3.21. The molecule has 1 saturated heterocycles. The molecule has 0 amide bonds. The second kappa shape index (κ2) is 10.3. The lowest BCUT2D eigenvalue weighted by atomic mass is 10.4. The van der Waals surface area contributed by atoms with E-state index < -0.39 is 4.92 Å². The van der Waals surface area contributed by atoms with Gasteiger partial charge in [0, 0.05) is 25.4 Å². The van der Waals surface area contributed by atoms with E-state index in [1.165, 1.54) is 0 Å². The van der Waals surface area contributed by atoms with E-state index in [1.807, 2.05) is 31.1 Å². The van der Waals surface area contributed by atoms with Crippen LogP contribution >= 0.6 is 11.8 Å². The highest BCUT2D eigenvalue weighted by Crippen LogP contribution is 2.16. The SMILES string of the molecule is CN(C)Cc1ccc(CSCCNC(=C[N+](=O)[O-])N2CCOCC2)o1. The maximum atomic E-state index is 10.8. The van der Waals surface area contributed by atoms with E-state index >= 15 is 0 Å². The highest BCUT2D eigenvalue weighted by atomic mass is 32.2. The number of ether oxygens (including phenoxy) is 1. The van der Waals surface area contributed by atoms with Gasteiger partial charge in [-0.3, -0.25) is 10.1 Å². The van der Waals surface area contributed by atoms with Gasteiger partial charge >= 0.3 is 0 Å². The first-order valence-electron chi connectivity index (χ1n) is 8.26. The van der Waals surface area contributed by atoms with Crippen molar-refractivity contribution in [3.05, 3.63) is 45.8 Å². The molecule has 0 saturated carbocycles. The van der Waals surface area contributed by atoms with Gasteiger partial charge in [-0.15, -0.1) is 0 Å². The molecule has 0 aromatic carbocycles. The summed E-state index contributed by atoms with van der Waals surface area (Å²) in [5.74, 6) is 4.10. The third-order valence-corrected chi connectivity index (χ3v) is 4.55. The molecule has 0 aliphatic carbocycles. The van der Waals surface area contributed by atoms with Gasteiger partial charge in [0.2, 0.25) is 0 Å². The predicted molar refractivity (Wildman–Crippen MR) is 97.7 cm³/mol. The van der Waals surface area contributed by atoms with Crippen LogP contribution in [0.5, 0.6) is 0 Å². The van der Waals surface area contributed by atoms with Crippen LogP contribution in [0.15, 0.2) is 28.6 Å². The Morgan fingerprint density at radius 3 is 2.80 bits per heavy atom. The number of nitrogens with one attached hydrogen (secondary N) is 1. The summed E-state index contributed by atoms with van der Waals surface area (Å²) in [7, 11) is 4.01. The minimum atomic E-state index is -0.417. The van der Waals surface area contributed by atoms with Crippen molar-refractivity contribution in [1.82, 2.24) is 15.1 Å². The van der Waals surface area contributed by atoms with Crippen LogP contribution < -0.4 is 5.32 Å². The minimum absolute atomic E-state index is 0.417. The summed E-state index contributed by atoms with van der Waals surface area (Å²) >= 11 is 1.74. The molecule has 0 bridgehead atoms. The third-order valence-electron chi connectivity index (χ3n) is 3.57. The first kappa shape index (κ1) is 19.6. The Morgan fingerprint density at radius 1 is 1.40 bits per heavy atom. The second-order valence-corrected chi connectivity index (χ2v) is 7.09. The molecule has 1 aliphatic rings. The minimum Gasteiger partial charge on any atom is -0.464 e. The van der Waals surface area contributed by atoms with Gasteiger partial charge in [-0.05, 0) is 26.2 Å².